The standard InChI is InChI=1S/C56H53P3/c1-7-24-43(25-8-1)57(44-26-9-2-10-27-44)52-40-39-42-23-19-20-36-49(42)55(52)56-51-38-22-21-37-50(51)53(58(45-28-11-3-12-29-45)46-30-13-4-14-31-46)41-54(56)59(47-32-15-5-16-33-47)48-34-17-6-18-35-48/h3-6,11-23,28-41,43-44H,1-2,7-10,24-27H2. The van der Waals surface area contributed by atoms with Crippen molar-refractivity contribution in [2.75, 3.05) is 0 Å². The molecule has 0 saturated heterocycles. The summed E-state index contributed by atoms with van der Waals surface area (Å²) in [5, 5.41) is 15.8. The second-order valence-electron chi connectivity index (χ2n) is 16.5. The minimum absolute atomic E-state index is 0.386. The Labute approximate surface area is 355 Å². The van der Waals surface area contributed by atoms with Crippen molar-refractivity contribution in [1.82, 2.24) is 0 Å². The Morgan fingerprint density at radius 1 is 0.305 bits per heavy atom. The van der Waals surface area contributed by atoms with E-state index in [0.29, 0.717) is 0 Å². The Morgan fingerprint density at radius 2 is 0.695 bits per heavy atom. The van der Waals surface area contributed by atoms with Crippen LogP contribution in [-0.4, -0.2) is 11.3 Å². The van der Waals surface area contributed by atoms with Crippen LogP contribution in [0.3, 0.4) is 0 Å². The van der Waals surface area contributed by atoms with E-state index >= 15 is 0 Å². The van der Waals surface area contributed by atoms with Crippen LogP contribution in [0.5, 0.6) is 0 Å². The van der Waals surface area contributed by atoms with Gasteiger partial charge < -0.3 is 0 Å². The summed E-state index contributed by atoms with van der Waals surface area (Å²) in [6, 6.07) is 72.5. The van der Waals surface area contributed by atoms with Crippen molar-refractivity contribution in [3.8, 4) is 11.1 Å². The second kappa shape index (κ2) is 18.0. The maximum atomic E-state index is 2.73. The molecule has 8 aromatic carbocycles. The molecule has 59 heavy (non-hydrogen) atoms. The largest absolute Gasteiger partial charge is 0.0683 e. The van der Waals surface area contributed by atoms with Gasteiger partial charge in [-0.05, 0) is 129 Å². The average molecular weight is 819 g/mol. The van der Waals surface area contributed by atoms with Crippen molar-refractivity contribution in [2.45, 2.75) is 75.5 Å². The monoisotopic (exact) mass is 818 g/mol. The second-order valence-corrected chi connectivity index (χ2v) is 23.6. The van der Waals surface area contributed by atoms with E-state index in [1.807, 2.05) is 0 Å². The van der Waals surface area contributed by atoms with Gasteiger partial charge in [0.1, 0.15) is 0 Å². The topological polar surface area (TPSA) is 0 Å². The fourth-order valence-corrected chi connectivity index (χ4v) is 19.3. The molecule has 0 bridgehead atoms. The van der Waals surface area contributed by atoms with E-state index in [0.717, 1.165) is 11.3 Å². The van der Waals surface area contributed by atoms with Gasteiger partial charge in [-0.1, -0.05) is 228 Å². The summed E-state index contributed by atoms with van der Waals surface area (Å²) in [6.07, 6.45) is 13.9. The Morgan fingerprint density at radius 3 is 1.19 bits per heavy atom. The maximum Gasteiger partial charge on any atom is -0.000859 e. The SMILES string of the molecule is c1ccc(P(c2ccccc2)c2cc(P(c3ccccc3)c3ccccc3)c3ccccc3c2-c2c(P(C3CCCCC3)C3CCCCC3)ccc3ccccc23)cc1. The third-order valence-electron chi connectivity index (χ3n) is 12.9. The highest BCUT2D eigenvalue weighted by atomic mass is 31.1. The molecule has 0 unspecified atom stereocenters. The molecule has 0 N–H and O–H groups in total. The summed E-state index contributed by atoms with van der Waals surface area (Å²) in [4.78, 5) is 0. The van der Waals surface area contributed by atoms with Crippen molar-refractivity contribution in [2.24, 2.45) is 0 Å². The number of rotatable bonds is 10. The van der Waals surface area contributed by atoms with Crippen LogP contribution in [-0.2, 0) is 0 Å². The zero-order valence-electron chi connectivity index (χ0n) is 34.0. The van der Waals surface area contributed by atoms with Gasteiger partial charge in [0.15, 0.2) is 0 Å². The van der Waals surface area contributed by atoms with Crippen LogP contribution in [0.15, 0.2) is 188 Å². The molecule has 0 radical (unpaired) electrons. The van der Waals surface area contributed by atoms with Gasteiger partial charge in [0.05, 0.1) is 0 Å². The minimum atomic E-state index is -0.941. The number of fused-ring (bicyclic) bond motifs is 2. The third kappa shape index (κ3) is 7.87. The molecular weight excluding hydrogens is 766 g/mol. The Kier molecular flexibility index (Phi) is 11.9. The molecule has 292 valence electrons. The average Bonchev–Trinajstić information content (AvgIpc) is 3.32. The summed E-state index contributed by atoms with van der Waals surface area (Å²) in [7, 11) is -2.19. The minimum Gasteiger partial charge on any atom is -0.0683 e. The summed E-state index contributed by atoms with van der Waals surface area (Å²) < 4.78 is 0. The molecule has 0 nitrogen and oxygen atoms in total. The predicted molar refractivity (Wildman–Crippen MR) is 265 cm³/mol. The fraction of sp³-hybridized carbons (Fsp3) is 0.214. The molecule has 0 atom stereocenters. The van der Waals surface area contributed by atoms with Gasteiger partial charge in [-0.3, -0.25) is 0 Å². The Hall–Kier alpha value is -4.43. The lowest BCUT2D eigenvalue weighted by atomic mass is 9.93. The maximum absolute atomic E-state index is 2.73. The molecule has 0 spiro atoms. The molecule has 2 aliphatic rings. The van der Waals surface area contributed by atoms with Gasteiger partial charge in [0, 0.05) is 0 Å². The normalized spacial score (nSPS) is 15.4. The van der Waals surface area contributed by atoms with Gasteiger partial charge in [-0.25, -0.2) is 0 Å². The van der Waals surface area contributed by atoms with Crippen molar-refractivity contribution < 1.29 is 0 Å². The number of hydrogen-bond acceptors (Lipinski definition) is 0. The van der Waals surface area contributed by atoms with Crippen molar-refractivity contribution >= 4 is 82.4 Å². The van der Waals surface area contributed by atoms with E-state index < -0.39 is 15.8 Å². The van der Waals surface area contributed by atoms with E-state index in [2.05, 4.69) is 188 Å². The lowest BCUT2D eigenvalue weighted by Gasteiger charge is -2.40. The Bertz CT molecular complexity index is 2530. The molecule has 8 aromatic rings. The number of benzene rings is 8. The summed E-state index contributed by atoms with van der Waals surface area (Å²) in [6.45, 7) is 0. The highest BCUT2D eigenvalue weighted by Crippen LogP contribution is 2.57. The summed E-state index contributed by atoms with van der Waals surface area (Å²) in [5.74, 6) is 0. The van der Waals surface area contributed by atoms with Crippen LogP contribution in [0.1, 0.15) is 64.2 Å². The van der Waals surface area contributed by atoms with Gasteiger partial charge >= 0.3 is 0 Å². The van der Waals surface area contributed by atoms with Gasteiger partial charge in [0.25, 0.3) is 0 Å². The quantitative estimate of drug-likeness (QED) is 0.121. The molecule has 2 fully saturated rings. The van der Waals surface area contributed by atoms with Crippen molar-refractivity contribution in [3.05, 3.63) is 188 Å². The van der Waals surface area contributed by atoms with Crippen LogP contribution in [0.2, 0.25) is 0 Å². The third-order valence-corrected chi connectivity index (χ3v) is 21.4. The predicted octanol–water partition coefficient (Wildman–Crippen LogP) is 12.9. The fourth-order valence-electron chi connectivity index (χ4n) is 10.3. The molecule has 10 rings (SSSR count). The van der Waals surface area contributed by atoms with Gasteiger partial charge in [-0.15, -0.1) is 0 Å². The Balaban J connectivity index is 1.36. The van der Waals surface area contributed by atoms with Gasteiger partial charge in [0.2, 0.25) is 0 Å². The smallest absolute Gasteiger partial charge is 0.000859 e. The van der Waals surface area contributed by atoms with E-state index in [1.54, 1.807) is 5.30 Å². The van der Waals surface area contributed by atoms with E-state index in [9.17, 15) is 0 Å². The lowest BCUT2D eigenvalue weighted by molar-refractivity contribution is 0.487. The molecule has 0 heterocycles. The van der Waals surface area contributed by atoms with Crippen LogP contribution >= 0.6 is 23.8 Å². The highest BCUT2D eigenvalue weighted by molar-refractivity contribution is 7.81. The van der Waals surface area contributed by atoms with Crippen LogP contribution < -0.4 is 37.1 Å². The molecule has 0 aliphatic heterocycles. The number of hydrogen-bond donors (Lipinski definition) is 0. The zero-order valence-corrected chi connectivity index (χ0v) is 36.6. The molecule has 0 aromatic heterocycles. The first-order valence-corrected chi connectivity index (χ1v) is 26.2. The van der Waals surface area contributed by atoms with E-state index in [4.69, 9.17) is 0 Å². The van der Waals surface area contributed by atoms with Crippen molar-refractivity contribution in [3.63, 3.8) is 0 Å². The first-order valence-electron chi connectivity index (χ1n) is 22.0. The van der Waals surface area contributed by atoms with Crippen LogP contribution in [0, 0.1) is 0 Å². The van der Waals surface area contributed by atoms with Gasteiger partial charge in [-0.2, -0.15) is 0 Å². The van der Waals surface area contributed by atoms with Crippen molar-refractivity contribution in [1.29, 1.82) is 0 Å². The zero-order chi connectivity index (χ0) is 39.4. The van der Waals surface area contributed by atoms with E-state index in [1.165, 1.54) is 129 Å². The van der Waals surface area contributed by atoms with Crippen LogP contribution in [0.25, 0.3) is 32.7 Å². The molecule has 0 amide bonds. The molecular formula is C56H53P3. The molecule has 2 saturated carbocycles. The highest BCUT2D eigenvalue weighted by Gasteiger charge is 2.36. The first-order chi connectivity index (χ1) is 29.3. The first kappa shape index (κ1) is 38.8. The lowest BCUT2D eigenvalue weighted by Crippen LogP contribution is -2.30. The summed E-state index contributed by atoms with van der Waals surface area (Å²) >= 11 is 0. The van der Waals surface area contributed by atoms with E-state index in [-0.39, 0.29) is 7.92 Å². The van der Waals surface area contributed by atoms with Crippen LogP contribution in [0.4, 0.5) is 0 Å². The molecule has 3 heteroatoms. The summed E-state index contributed by atoms with van der Waals surface area (Å²) in [5.41, 5.74) is 4.60. The molecule has 2 aliphatic carbocycles.